The molecular formula is C10H13NO. The lowest BCUT2D eigenvalue weighted by molar-refractivity contribution is 0.280. The van der Waals surface area contributed by atoms with Crippen LogP contribution in [0.4, 0.5) is 0 Å². The molecule has 1 atom stereocenters. The first kappa shape index (κ1) is 7.77. The molecule has 0 aliphatic heterocycles. The van der Waals surface area contributed by atoms with Crippen molar-refractivity contribution in [3.05, 3.63) is 34.9 Å². The second-order valence-corrected chi connectivity index (χ2v) is 3.29. The standard InChI is InChI=1S/C10H13NO/c11-10-5-4-8-7(6-12)2-1-3-9(8)10/h1-3,10,12H,4-6,11H2/t10-/m1/s1. The highest BCUT2D eigenvalue weighted by Gasteiger charge is 2.20. The Bertz CT molecular complexity index is 296. The van der Waals surface area contributed by atoms with E-state index < -0.39 is 0 Å². The summed E-state index contributed by atoms with van der Waals surface area (Å²) in [5, 5.41) is 9.05. The van der Waals surface area contributed by atoms with Crippen LogP contribution in [-0.2, 0) is 13.0 Å². The molecule has 2 rings (SSSR count). The van der Waals surface area contributed by atoms with E-state index >= 15 is 0 Å². The van der Waals surface area contributed by atoms with Gasteiger partial charge in [-0.15, -0.1) is 0 Å². The summed E-state index contributed by atoms with van der Waals surface area (Å²) in [7, 11) is 0. The van der Waals surface area contributed by atoms with Crippen LogP contribution < -0.4 is 5.73 Å². The van der Waals surface area contributed by atoms with Gasteiger partial charge in [-0.1, -0.05) is 18.2 Å². The molecule has 1 aliphatic rings. The van der Waals surface area contributed by atoms with Gasteiger partial charge in [-0.05, 0) is 29.5 Å². The number of nitrogens with two attached hydrogens (primary N) is 1. The number of fused-ring (bicyclic) bond motifs is 1. The Morgan fingerprint density at radius 2 is 2.33 bits per heavy atom. The molecule has 0 fully saturated rings. The van der Waals surface area contributed by atoms with E-state index in [0.717, 1.165) is 18.4 Å². The van der Waals surface area contributed by atoms with Crippen LogP contribution in [-0.4, -0.2) is 5.11 Å². The third-order valence-corrected chi connectivity index (χ3v) is 2.58. The van der Waals surface area contributed by atoms with Crippen molar-refractivity contribution >= 4 is 0 Å². The molecule has 12 heavy (non-hydrogen) atoms. The van der Waals surface area contributed by atoms with Crippen molar-refractivity contribution in [3.63, 3.8) is 0 Å². The van der Waals surface area contributed by atoms with Gasteiger partial charge in [0.1, 0.15) is 0 Å². The van der Waals surface area contributed by atoms with Gasteiger partial charge in [-0.2, -0.15) is 0 Å². The summed E-state index contributed by atoms with van der Waals surface area (Å²) in [5.74, 6) is 0. The predicted octanol–water partition coefficient (Wildman–Crippen LogP) is 1.12. The molecule has 0 bridgehead atoms. The van der Waals surface area contributed by atoms with Crippen molar-refractivity contribution in [1.29, 1.82) is 0 Å². The molecule has 1 aromatic rings. The Labute approximate surface area is 72.0 Å². The van der Waals surface area contributed by atoms with Crippen LogP contribution in [0.2, 0.25) is 0 Å². The zero-order valence-electron chi connectivity index (χ0n) is 6.96. The number of hydrogen-bond acceptors (Lipinski definition) is 2. The molecule has 3 N–H and O–H groups in total. The fourth-order valence-corrected chi connectivity index (χ4v) is 1.91. The first-order valence-electron chi connectivity index (χ1n) is 4.30. The maximum atomic E-state index is 9.05. The van der Waals surface area contributed by atoms with E-state index in [1.807, 2.05) is 12.1 Å². The zero-order chi connectivity index (χ0) is 8.55. The number of rotatable bonds is 1. The monoisotopic (exact) mass is 163 g/mol. The Kier molecular flexibility index (Phi) is 1.87. The molecule has 0 aromatic heterocycles. The average molecular weight is 163 g/mol. The SMILES string of the molecule is N[C@@H]1CCc2c(CO)cccc21. The summed E-state index contributed by atoms with van der Waals surface area (Å²) in [4.78, 5) is 0. The van der Waals surface area contributed by atoms with Gasteiger partial charge in [0.25, 0.3) is 0 Å². The number of hydrogen-bond donors (Lipinski definition) is 2. The van der Waals surface area contributed by atoms with Crippen LogP contribution in [0.1, 0.15) is 29.2 Å². The summed E-state index contributed by atoms with van der Waals surface area (Å²) in [6.45, 7) is 0.135. The minimum absolute atomic E-state index is 0.135. The minimum atomic E-state index is 0.135. The summed E-state index contributed by atoms with van der Waals surface area (Å²) in [6.07, 6.45) is 2.04. The van der Waals surface area contributed by atoms with Crippen molar-refractivity contribution in [1.82, 2.24) is 0 Å². The van der Waals surface area contributed by atoms with Crippen LogP contribution in [0.5, 0.6) is 0 Å². The van der Waals surface area contributed by atoms with E-state index in [-0.39, 0.29) is 12.6 Å². The van der Waals surface area contributed by atoms with Crippen molar-refractivity contribution < 1.29 is 5.11 Å². The molecule has 0 heterocycles. The lowest BCUT2D eigenvalue weighted by Gasteiger charge is -2.06. The van der Waals surface area contributed by atoms with E-state index in [2.05, 4.69) is 6.07 Å². The Morgan fingerprint density at radius 3 is 3.08 bits per heavy atom. The van der Waals surface area contributed by atoms with Gasteiger partial charge in [-0.25, -0.2) is 0 Å². The van der Waals surface area contributed by atoms with Gasteiger partial charge >= 0.3 is 0 Å². The van der Waals surface area contributed by atoms with Crippen LogP contribution in [0.25, 0.3) is 0 Å². The van der Waals surface area contributed by atoms with Gasteiger partial charge < -0.3 is 10.8 Å². The first-order valence-corrected chi connectivity index (χ1v) is 4.30. The van der Waals surface area contributed by atoms with Crippen LogP contribution >= 0.6 is 0 Å². The molecule has 0 spiro atoms. The van der Waals surface area contributed by atoms with Crippen molar-refractivity contribution in [2.45, 2.75) is 25.5 Å². The third-order valence-electron chi connectivity index (χ3n) is 2.58. The summed E-state index contributed by atoms with van der Waals surface area (Å²) < 4.78 is 0. The smallest absolute Gasteiger partial charge is 0.0684 e. The molecule has 1 aromatic carbocycles. The summed E-state index contributed by atoms with van der Waals surface area (Å²) in [5.41, 5.74) is 9.42. The van der Waals surface area contributed by atoms with Gasteiger partial charge in [0.2, 0.25) is 0 Å². The summed E-state index contributed by atoms with van der Waals surface area (Å²) in [6, 6.07) is 6.19. The van der Waals surface area contributed by atoms with Gasteiger partial charge in [0, 0.05) is 6.04 Å². The van der Waals surface area contributed by atoms with E-state index in [1.54, 1.807) is 0 Å². The van der Waals surface area contributed by atoms with Crippen molar-refractivity contribution in [2.75, 3.05) is 0 Å². The molecule has 1 aliphatic carbocycles. The average Bonchev–Trinajstić information content (AvgIpc) is 2.48. The second-order valence-electron chi connectivity index (χ2n) is 3.29. The topological polar surface area (TPSA) is 46.2 Å². The normalized spacial score (nSPS) is 21.0. The highest BCUT2D eigenvalue weighted by Crippen LogP contribution is 2.31. The maximum Gasteiger partial charge on any atom is 0.0684 e. The highest BCUT2D eigenvalue weighted by atomic mass is 16.3. The van der Waals surface area contributed by atoms with Gasteiger partial charge in [0.15, 0.2) is 0 Å². The molecule has 2 nitrogen and oxygen atoms in total. The minimum Gasteiger partial charge on any atom is -0.392 e. The van der Waals surface area contributed by atoms with Crippen molar-refractivity contribution in [2.24, 2.45) is 5.73 Å². The lowest BCUT2D eigenvalue weighted by atomic mass is 10.0. The fourth-order valence-electron chi connectivity index (χ4n) is 1.91. The number of benzene rings is 1. The maximum absolute atomic E-state index is 9.05. The molecule has 0 amide bonds. The Hall–Kier alpha value is -0.860. The largest absolute Gasteiger partial charge is 0.392 e. The van der Waals surface area contributed by atoms with Crippen LogP contribution in [0.3, 0.4) is 0 Å². The third kappa shape index (κ3) is 1.04. The highest BCUT2D eigenvalue weighted by molar-refractivity contribution is 5.40. The predicted molar refractivity (Wildman–Crippen MR) is 47.6 cm³/mol. The molecule has 0 radical (unpaired) electrons. The van der Waals surface area contributed by atoms with Gasteiger partial charge in [0.05, 0.1) is 6.61 Å². The van der Waals surface area contributed by atoms with Gasteiger partial charge in [-0.3, -0.25) is 0 Å². The molecule has 0 saturated heterocycles. The molecule has 0 unspecified atom stereocenters. The first-order chi connectivity index (χ1) is 5.83. The van der Waals surface area contributed by atoms with E-state index in [4.69, 9.17) is 10.8 Å². The van der Waals surface area contributed by atoms with E-state index in [1.165, 1.54) is 11.1 Å². The number of aliphatic hydroxyl groups excluding tert-OH is 1. The Morgan fingerprint density at radius 1 is 1.50 bits per heavy atom. The van der Waals surface area contributed by atoms with E-state index in [0.29, 0.717) is 0 Å². The molecule has 0 saturated carbocycles. The lowest BCUT2D eigenvalue weighted by Crippen LogP contribution is -2.05. The summed E-state index contributed by atoms with van der Waals surface area (Å²) >= 11 is 0. The zero-order valence-corrected chi connectivity index (χ0v) is 6.96. The number of aliphatic hydroxyl groups is 1. The fraction of sp³-hybridized carbons (Fsp3) is 0.400. The van der Waals surface area contributed by atoms with E-state index in [9.17, 15) is 0 Å². The second kappa shape index (κ2) is 2.88. The molecule has 2 heteroatoms. The quantitative estimate of drug-likeness (QED) is 0.651. The van der Waals surface area contributed by atoms with Crippen LogP contribution in [0.15, 0.2) is 18.2 Å². The molecular weight excluding hydrogens is 150 g/mol. The Balaban J connectivity index is 2.50. The van der Waals surface area contributed by atoms with Crippen molar-refractivity contribution in [3.8, 4) is 0 Å². The molecule has 64 valence electrons. The van der Waals surface area contributed by atoms with Crippen LogP contribution in [0, 0.1) is 0 Å².